The quantitative estimate of drug-likeness (QED) is 0.547. The van der Waals surface area contributed by atoms with Crippen LogP contribution in [0.15, 0.2) is 0 Å². The lowest BCUT2D eigenvalue weighted by Crippen LogP contribution is -2.47. The Balaban J connectivity index is 2.38. The predicted molar refractivity (Wildman–Crippen MR) is 65.8 cm³/mol. The average molecular weight is 288 g/mol. The zero-order valence-electron chi connectivity index (χ0n) is 12.3. The number of hydrogen-bond donors (Lipinski definition) is 0. The summed E-state index contributed by atoms with van der Waals surface area (Å²) in [7, 11) is 2.66. The molecule has 0 aromatic rings. The third-order valence-corrected chi connectivity index (χ3v) is 3.69. The SMILES string of the molecule is COC(=O)C[C@]1(OC)O[C@](C)(C=O)[C@H]2OC(C)(C)O[C@H]21. The van der Waals surface area contributed by atoms with Crippen molar-refractivity contribution in [3.05, 3.63) is 0 Å². The highest BCUT2D eigenvalue weighted by Gasteiger charge is 2.69. The number of ether oxygens (including phenoxy) is 5. The van der Waals surface area contributed by atoms with Gasteiger partial charge in [-0.1, -0.05) is 0 Å². The molecule has 0 unspecified atom stereocenters. The summed E-state index contributed by atoms with van der Waals surface area (Å²) in [5.41, 5.74) is -1.25. The van der Waals surface area contributed by atoms with Crippen molar-refractivity contribution in [3.63, 3.8) is 0 Å². The lowest BCUT2D eigenvalue weighted by molar-refractivity contribution is -0.296. The van der Waals surface area contributed by atoms with Crippen molar-refractivity contribution >= 4 is 12.3 Å². The van der Waals surface area contributed by atoms with Crippen LogP contribution in [-0.2, 0) is 33.3 Å². The second-order valence-corrected chi connectivity index (χ2v) is 5.65. The molecule has 2 heterocycles. The van der Waals surface area contributed by atoms with Crippen LogP contribution >= 0.6 is 0 Å². The molecule has 0 aromatic carbocycles. The summed E-state index contributed by atoms with van der Waals surface area (Å²) in [5.74, 6) is -2.81. The second-order valence-electron chi connectivity index (χ2n) is 5.65. The van der Waals surface area contributed by atoms with E-state index >= 15 is 0 Å². The van der Waals surface area contributed by atoms with Crippen LogP contribution in [0.25, 0.3) is 0 Å². The topological polar surface area (TPSA) is 80.3 Å². The third-order valence-electron chi connectivity index (χ3n) is 3.69. The Bertz CT molecular complexity index is 421. The van der Waals surface area contributed by atoms with E-state index in [0.29, 0.717) is 6.29 Å². The van der Waals surface area contributed by atoms with E-state index < -0.39 is 35.4 Å². The predicted octanol–water partition coefficient (Wildman–Crippen LogP) is 0.400. The van der Waals surface area contributed by atoms with Crippen molar-refractivity contribution in [1.29, 1.82) is 0 Å². The van der Waals surface area contributed by atoms with Crippen LogP contribution in [0.4, 0.5) is 0 Å². The molecular formula is C13H20O7. The first-order valence-electron chi connectivity index (χ1n) is 6.36. The van der Waals surface area contributed by atoms with Gasteiger partial charge in [0, 0.05) is 7.11 Å². The van der Waals surface area contributed by atoms with Crippen LogP contribution in [0.5, 0.6) is 0 Å². The zero-order valence-corrected chi connectivity index (χ0v) is 12.3. The van der Waals surface area contributed by atoms with Crippen LogP contribution in [0.3, 0.4) is 0 Å². The number of carbonyl (C=O) groups excluding carboxylic acids is 2. The Kier molecular flexibility index (Phi) is 3.66. The molecule has 0 saturated carbocycles. The fourth-order valence-corrected chi connectivity index (χ4v) is 2.72. The molecule has 0 aliphatic carbocycles. The molecule has 0 N–H and O–H groups in total. The van der Waals surface area contributed by atoms with E-state index in [9.17, 15) is 9.59 Å². The fraction of sp³-hybridized carbons (Fsp3) is 0.846. The van der Waals surface area contributed by atoms with Gasteiger partial charge in [-0.05, 0) is 20.8 Å². The van der Waals surface area contributed by atoms with E-state index in [1.165, 1.54) is 14.2 Å². The number of esters is 1. The summed E-state index contributed by atoms with van der Waals surface area (Å²) >= 11 is 0. The van der Waals surface area contributed by atoms with Crippen molar-refractivity contribution in [2.75, 3.05) is 14.2 Å². The van der Waals surface area contributed by atoms with Crippen LogP contribution in [-0.4, -0.2) is 55.9 Å². The molecule has 2 rings (SSSR count). The Labute approximate surface area is 117 Å². The van der Waals surface area contributed by atoms with Crippen LogP contribution in [0.1, 0.15) is 27.2 Å². The van der Waals surface area contributed by atoms with Gasteiger partial charge in [-0.25, -0.2) is 0 Å². The van der Waals surface area contributed by atoms with E-state index in [4.69, 9.17) is 18.9 Å². The molecule has 2 aliphatic rings. The number of rotatable bonds is 4. The van der Waals surface area contributed by atoms with Gasteiger partial charge in [-0.15, -0.1) is 0 Å². The van der Waals surface area contributed by atoms with Crippen LogP contribution < -0.4 is 0 Å². The molecule has 2 fully saturated rings. The number of aldehydes is 1. The minimum Gasteiger partial charge on any atom is -0.469 e. The second kappa shape index (κ2) is 4.77. The maximum absolute atomic E-state index is 11.6. The normalized spacial score (nSPS) is 42.2. The molecule has 2 saturated heterocycles. The smallest absolute Gasteiger partial charge is 0.311 e. The van der Waals surface area contributed by atoms with Crippen molar-refractivity contribution in [1.82, 2.24) is 0 Å². The van der Waals surface area contributed by atoms with Gasteiger partial charge in [-0.2, -0.15) is 0 Å². The van der Waals surface area contributed by atoms with Gasteiger partial charge in [-0.3, -0.25) is 4.79 Å². The van der Waals surface area contributed by atoms with Crippen LogP contribution in [0.2, 0.25) is 0 Å². The maximum Gasteiger partial charge on any atom is 0.311 e. The molecular weight excluding hydrogens is 268 g/mol. The number of hydrogen-bond acceptors (Lipinski definition) is 7. The molecule has 0 amide bonds. The first kappa shape index (κ1) is 15.4. The van der Waals surface area contributed by atoms with E-state index in [1.807, 2.05) is 0 Å². The minimum atomic E-state index is -1.40. The highest BCUT2D eigenvalue weighted by molar-refractivity contribution is 5.71. The Hall–Kier alpha value is -1.02. The molecule has 0 radical (unpaired) electrons. The van der Waals surface area contributed by atoms with Gasteiger partial charge in [0.25, 0.3) is 0 Å². The summed E-state index contributed by atoms with van der Waals surface area (Å²) in [6, 6.07) is 0. The van der Waals surface area contributed by atoms with Crippen molar-refractivity contribution < 1.29 is 33.3 Å². The third kappa shape index (κ3) is 2.24. The summed E-state index contributed by atoms with van der Waals surface area (Å²) in [4.78, 5) is 23.0. The molecule has 0 bridgehead atoms. The summed E-state index contributed by atoms with van der Waals surface area (Å²) in [6.07, 6.45) is -0.895. The molecule has 7 heteroatoms. The fourth-order valence-electron chi connectivity index (χ4n) is 2.72. The Morgan fingerprint density at radius 1 is 1.20 bits per heavy atom. The highest BCUT2D eigenvalue weighted by atomic mass is 16.8. The number of fused-ring (bicyclic) bond motifs is 1. The van der Waals surface area contributed by atoms with Crippen LogP contribution in [0, 0.1) is 0 Å². The number of methoxy groups -OCH3 is 2. The molecule has 114 valence electrons. The molecule has 0 spiro atoms. The molecule has 2 aliphatic heterocycles. The van der Waals surface area contributed by atoms with E-state index in [1.54, 1.807) is 20.8 Å². The van der Waals surface area contributed by atoms with Crippen molar-refractivity contribution in [2.45, 2.75) is 56.6 Å². The average Bonchev–Trinajstić information content (AvgIpc) is 2.83. The monoisotopic (exact) mass is 288 g/mol. The first-order valence-corrected chi connectivity index (χ1v) is 6.36. The molecule has 4 atom stereocenters. The van der Waals surface area contributed by atoms with E-state index in [-0.39, 0.29) is 6.42 Å². The van der Waals surface area contributed by atoms with E-state index in [0.717, 1.165) is 0 Å². The summed E-state index contributed by atoms with van der Waals surface area (Å²) in [5, 5.41) is 0. The van der Waals surface area contributed by atoms with Crippen molar-refractivity contribution in [2.24, 2.45) is 0 Å². The Morgan fingerprint density at radius 2 is 1.80 bits per heavy atom. The standard InChI is InChI=1S/C13H20O7/c1-11(2)18-9-10(19-11)13(17-5,6-8(15)16-4)20-12(9,3)7-14/h7,9-10H,6H2,1-5H3/t9-,10+,12+,13-/m0/s1. The number of carbonyl (C=O) groups is 2. The summed E-state index contributed by atoms with van der Waals surface area (Å²) in [6.45, 7) is 5.05. The highest BCUT2D eigenvalue weighted by Crippen LogP contribution is 2.49. The van der Waals surface area contributed by atoms with Gasteiger partial charge >= 0.3 is 5.97 Å². The molecule has 0 aromatic heterocycles. The minimum absolute atomic E-state index is 0.190. The lowest BCUT2D eigenvalue weighted by Gasteiger charge is -2.33. The molecule has 20 heavy (non-hydrogen) atoms. The Morgan fingerprint density at radius 3 is 2.30 bits per heavy atom. The summed E-state index contributed by atoms with van der Waals surface area (Å²) < 4.78 is 27.3. The van der Waals surface area contributed by atoms with Gasteiger partial charge in [0.1, 0.15) is 18.6 Å². The molecule has 7 nitrogen and oxygen atoms in total. The maximum atomic E-state index is 11.6. The zero-order chi connectivity index (χ0) is 15.2. The largest absolute Gasteiger partial charge is 0.469 e. The first-order chi connectivity index (χ1) is 9.22. The van der Waals surface area contributed by atoms with E-state index in [2.05, 4.69) is 4.74 Å². The van der Waals surface area contributed by atoms with Gasteiger partial charge in [0.15, 0.2) is 17.7 Å². The van der Waals surface area contributed by atoms with Gasteiger partial charge < -0.3 is 28.5 Å². The van der Waals surface area contributed by atoms with Gasteiger partial charge in [0.05, 0.1) is 7.11 Å². The lowest BCUT2D eigenvalue weighted by atomic mass is 9.96. The van der Waals surface area contributed by atoms with Crippen molar-refractivity contribution in [3.8, 4) is 0 Å². The van der Waals surface area contributed by atoms with Gasteiger partial charge in [0.2, 0.25) is 5.79 Å².